The normalized spacial score (nSPS) is 14.3. The number of aliphatic hydroxyl groups excluding tert-OH is 1. The van der Waals surface area contributed by atoms with Crippen molar-refractivity contribution in [3.05, 3.63) is 122 Å². The van der Waals surface area contributed by atoms with Crippen molar-refractivity contribution in [1.29, 1.82) is 0 Å². The Balaban J connectivity index is 4.06. The van der Waals surface area contributed by atoms with Gasteiger partial charge in [-0.1, -0.05) is 354 Å². The molecule has 3 atom stereocenters. The summed E-state index contributed by atoms with van der Waals surface area (Å²) in [6.07, 6.45) is 103. The third-order valence-electron chi connectivity index (χ3n) is 16.4. The number of hydrogen-bond donors (Lipinski definition) is 2. The molecule has 0 saturated heterocycles. The molecule has 0 radical (unpaired) electrons. The molecule has 0 aliphatic carbocycles. The predicted molar refractivity (Wildman–Crippen MR) is 389 cm³/mol. The molecule has 0 rings (SSSR count). The van der Waals surface area contributed by atoms with Crippen LogP contribution in [0.1, 0.15) is 328 Å². The molecule has 3 unspecified atom stereocenters. The Bertz CT molecular complexity index is 1870. The number of allylic oxidation sites excluding steroid dienone is 19. The SMILES string of the molecule is CC/C=C\C/C=C\C/C=C\C/C=C\C/C=C\C/C=C\C/C=C\C/C=C\C/C=C\CCCCCCCCCCCCCCCC(=O)NC(COP(=O)([O-])OCC[N+](C)(C)C)C(O)/C=C/CCCCCCCCCCCCCCCCCCCCCCCCCC. The molecule has 0 aliphatic heterocycles. The van der Waals surface area contributed by atoms with Crippen LogP contribution in [0.5, 0.6) is 0 Å². The van der Waals surface area contributed by atoms with E-state index in [1.165, 1.54) is 212 Å². The van der Waals surface area contributed by atoms with Crippen LogP contribution in [0.25, 0.3) is 0 Å². The Kier molecular flexibility index (Phi) is 66.8. The highest BCUT2D eigenvalue weighted by atomic mass is 31.2. The van der Waals surface area contributed by atoms with E-state index in [-0.39, 0.29) is 19.1 Å². The van der Waals surface area contributed by atoms with Crippen LogP contribution in [-0.4, -0.2) is 68.5 Å². The molecule has 0 aliphatic rings. The monoisotopic (exact) mass is 1260 g/mol. The minimum Gasteiger partial charge on any atom is -0.756 e. The number of quaternary nitrogens is 1. The van der Waals surface area contributed by atoms with Crippen molar-refractivity contribution in [2.24, 2.45) is 0 Å². The van der Waals surface area contributed by atoms with E-state index in [1.807, 2.05) is 27.2 Å². The highest BCUT2D eigenvalue weighted by Gasteiger charge is 2.23. The van der Waals surface area contributed by atoms with Crippen molar-refractivity contribution < 1.29 is 32.9 Å². The average Bonchev–Trinajstić information content (AvgIpc) is 3.61. The van der Waals surface area contributed by atoms with Gasteiger partial charge in [0, 0.05) is 6.42 Å². The van der Waals surface area contributed by atoms with E-state index >= 15 is 0 Å². The second-order valence-corrected chi connectivity index (χ2v) is 27.7. The van der Waals surface area contributed by atoms with Gasteiger partial charge in [-0.05, 0) is 89.9 Å². The summed E-state index contributed by atoms with van der Waals surface area (Å²) in [5.41, 5.74) is 0. The minimum absolute atomic E-state index is 0.00468. The van der Waals surface area contributed by atoms with Crippen LogP contribution in [-0.2, 0) is 18.4 Å². The summed E-state index contributed by atoms with van der Waals surface area (Å²) < 4.78 is 23.5. The van der Waals surface area contributed by atoms with E-state index in [4.69, 9.17) is 9.05 Å². The van der Waals surface area contributed by atoms with Crippen LogP contribution in [0.3, 0.4) is 0 Å². The van der Waals surface area contributed by atoms with Gasteiger partial charge in [0.15, 0.2) is 0 Å². The summed E-state index contributed by atoms with van der Waals surface area (Å²) in [4.78, 5) is 25.7. The van der Waals surface area contributed by atoms with Gasteiger partial charge in [0.25, 0.3) is 7.82 Å². The van der Waals surface area contributed by atoms with Crippen molar-refractivity contribution in [2.75, 3.05) is 40.9 Å². The number of amides is 1. The van der Waals surface area contributed by atoms with Crippen molar-refractivity contribution >= 4 is 13.7 Å². The highest BCUT2D eigenvalue weighted by Crippen LogP contribution is 2.38. The molecular weight excluding hydrogens is 1120 g/mol. The van der Waals surface area contributed by atoms with Gasteiger partial charge in [-0.3, -0.25) is 9.36 Å². The molecule has 0 aromatic heterocycles. The van der Waals surface area contributed by atoms with Crippen molar-refractivity contribution in [1.82, 2.24) is 5.32 Å². The number of phosphoric ester groups is 1. The van der Waals surface area contributed by atoms with Crippen molar-refractivity contribution in [3.8, 4) is 0 Å². The molecule has 0 aromatic rings. The molecule has 2 N–H and O–H groups in total. The average molecular weight is 1260 g/mol. The Morgan fingerprint density at radius 3 is 1.00 bits per heavy atom. The molecule has 0 heterocycles. The summed E-state index contributed by atoms with van der Waals surface area (Å²) in [6.45, 7) is 4.56. The maximum atomic E-state index is 13.1. The molecule has 1 amide bonds. The molecule has 89 heavy (non-hydrogen) atoms. The number of nitrogens with zero attached hydrogens (tertiary/aromatic N) is 1. The van der Waals surface area contributed by atoms with Gasteiger partial charge in [-0.15, -0.1) is 0 Å². The Morgan fingerprint density at radius 1 is 0.404 bits per heavy atom. The van der Waals surface area contributed by atoms with E-state index in [1.54, 1.807) is 6.08 Å². The Morgan fingerprint density at radius 2 is 0.685 bits per heavy atom. The number of likely N-dealkylation sites (N-methyl/N-ethyl adjacent to an activating group) is 1. The lowest BCUT2D eigenvalue weighted by Gasteiger charge is -2.29. The summed E-state index contributed by atoms with van der Waals surface area (Å²) in [6, 6.07) is -0.896. The van der Waals surface area contributed by atoms with E-state index in [9.17, 15) is 19.4 Å². The first-order valence-electron chi connectivity index (χ1n) is 37.4. The number of rotatable bonds is 68. The van der Waals surface area contributed by atoms with Gasteiger partial charge in [0.2, 0.25) is 5.91 Å². The molecule has 0 aromatic carbocycles. The van der Waals surface area contributed by atoms with Crippen LogP contribution < -0.4 is 10.2 Å². The molecular formula is C80H143N2O6P. The minimum atomic E-state index is -4.61. The molecule has 8 nitrogen and oxygen atoms in total. The summed E-state index contributed by atoms with van der Waals surface area (Å²) in [7, 11) is 1.26. The predicted octanol–water partition coefficient (Wildman–Crippen LogP) is 23.8. The number of phosphoric acid groups is 1. The summed E-state index contributed by atoms with van der Waals surface area (Å²) >= 11 is 0. The van der Waals surface area contributed by atoms with E-state index in [0.29, 0.717) is 17.4 Å². The fourth-order valence-corrected chi connectivity index (χ4v) is 11.4. The van der Waals surface area contributed by atoms with Crippen molar-refractivity contribution in [3.63, 3.8) is 0 Å². The van der Waals surface area contributed by atoms with Gasteiger partial charge in [0.1, 0.15) is 13.2 Å². The van der Waals surface area contributed by atoms with Crippen LogP contribution in [0.4, 0.5) is 0 Å². The number of carbonyl (C=O) groups excluding carboxylic acids is 1. The lowest BCUT2D eigenvalue weighted by Crippen LogP contribution is -2.45. The first-order chi connectivity index (χ1) is 43.5. The van der Waals surface area contributed by atoms with Crippen LogP contribution in [0.2, 0.25) is 0 Å². The molecule has 0 saturated carbocycles. The van der Waals surface area contributed by atoms with Gasteiger partial charge in [0.05, 0.1) is 39.9 Å². The van der Waals surface area contributed by atoms with Gasteiger partial charge < -0.3 is 28.8 Å². The second-order valence-electron chi connectivity index (χ2n) is 26.3. The molecule has 0 fully saturated rings. The van der Waals surface area contributed by atoms with Gasteiger partial charge in [-0.25, -0.2) is 0 Å². The van der Waals surface area contributed by atoms with Gasteiger partial charge in [-0.2, -0.15) is 0 Å². The van der Waals surface area contributed by atoms with E-state index in [0.717, 1.165) is 96.3 Å². The summed E-state index contributed by atoms with van der Waals surface area (Å²) in [5, 5.41) is 14.0. The number of nitrogens with one attached hydrogen (secondary N) is 1. The maximum absolute atomic E-state index is 13.1. The standard InChI is InChI=1S/C80H143N2O6P/c1-6-8-10-12-14-16-18-20-22-24-26-28-30-32-34-35-36-37-38-39-40-41-42-43-44-45-46-47-48-50-52-54-56-58-60-62-64-66-68-70-72-74-80(84)81-78(77-88-89(85,86)87-76-75-82(3,4)5)79(83)73-71-69-67-65-63-61-59-57-55-53-51-49-33-31-29-27-25-23-21-19-17-15-13-11-9-7-2/h8,10,14,16,20,22,26,28,32,34,36-37,39-40,42-43,45-46,71,73,78-79,83H,6-7,9,11-13,15,17-19,21,23-25,27,29-31,33,35,38,41,44,47-70,72,74-77H2,1-5H3,(H-,81,84,85,86)/b10-8-,16-14-,22-20-,28-26-,34-32-,37-36-,40-39-,43-42-,46-45-,73-71+. The van der Waals surface area contributed by atoms with E-state index in [2.05, 4.69) is 129 Å². The van der Waals surface area contributed by atoms with Gasteiger partial charge >= 0.3 is 0 Å². The Hall–Kier alpha value is -3.10. The lowest BCUT2D eigenvalue weighted by atomic mass is 10.0. The fraction of sp³-hybridized carbons (Fsp3) is 0.738. The number of carbonyl (C=O) groups is 1. The molecule has 0 bridgehead atoms. The molecule has 9 heteroatoms. The first-order valence-corrected chi connectivity index (χ1v) is 38.9. The van der Waals surface area contributed by atoms with Crippen LogP contribution >= 0.6 is 7.82 Å². The maximum Gasteiger partial charge on any atom is 0.268 e. The number of hydrogen-bond acceptors (Lipinski definition) is 6. The van der Waals surface area contributed by atoms with E-state index < -0.39 is 20.0 Å². The third kappa shape index (κ3) is 72.2. The largest absolute Gasteiger partial charge is 0.756 e. The topological polar surface area (TPSA) is 108 Å². The zero-order chi connectivity index (χ0) is 64.8. The fourth-order valence-electron chi connectivity index (χ4n) is 10.7. The van der Waals surface area contributed by atoms with Crippen LogP contribution in [0.15, 0.2) is 122 Å². The highest BCUT2D eigenvalue weighted by molar-refractivity contribution is 7.45. The molecule has 0 spiro atoms. The quantitative estimate of drug-likeness (QED) is 0.0272. The molecule has 514 valence electrons. The zero-order valence-electron chi connectivity index (χ0n) is 58.9. The third-order valence-corrected chi connectivity index (χ3v) is 17.4. The van der Waals surface area contributed by atoms with Crippen molar-refractivity contribution in [2.45, 2.75) is 341 Å². The van der Waals surface area contributed by atoms with Crippen LogP contribution in [0, 0.1) is 0 Å². The smallest absolute Gasteiger partial charge is 0.268 e. The summed E-state index contributed by atoms with van der Waals surface area (Å²) in [5.74, 6) is -0.199. The number of aliphatic hydroxyl groups is 1. The zero-order valence-corrected chi connectivity index (χ0v) is 59.7. The first kappa shape index (κ1) is 85.9. The second kappa shape index (κ2) is 69.2. The lowest BCUT2D eigenvalue weighted by molar-refractivity contribution is -0.870. The Labute approximate surface area is 552 Å². The number of unbranched alkanes of at least 4 members (excludes halogenated alkanes) is 37.